The van der Waals surface area contributed by atoms with Gasteiger partial charge in [0.25, 0.3) is 0 Å². The molecular weight excluding hydrogens is 278 g/mol. The van der Waals surface area contributed by atoms with Gasteiger partial charge in [0.05, 0.1) is 6.42 Å². The van der Waals surface area contributed by atoms with Crippen LogP contribution in [0.3, 0.4) is 0 Å². The van der Waals surface area contributed by atoms with Crippen LogP contribution in [-0.2, 0) is 17.6 Å². The van der Waals surface area contributed by atoms with Crippen LogP contribution in [0.15, 0.2) is 42.5 Å². The fraction of sp³-hybridized carbons (Fsp3) is 0.222. The van der Waals surface area contributed by atoms with Gasteiger partial charge in [-0.05, 0) is 36.1 Å². The maximum atomic E-state index is 12.1. The molecule has 0 unspecified atom stereocenters. The van der Waals surface area contributed by atoms with E-state index in [1.54, 1.807) is 6.07 Å². The van der Waals surface area contributed by atoms with Crippen molar-refractivity contribution < 1.29 is 14.7 Å². The smallest absolute Gasteiger partial charge is 0.303 e. The molecule has 0 radical (unpaired) electrons. The lowest BCUT2D eigenvalue weighted by molar-refractivity contribution is -0.136. The molecule has 22 heavy (non-hydrogen) atoms. The van der Waals surface area contributed by atoms with E-state index in [-0.39, 0.29) is 18.6 Å². The Morgan fingerprint density at radius 2 is 1.68 bits per heavy atom. The van der Waals surface area contributed by atoms with Gasteiger partial charge >= 0.3 is 5.97 Å². The molecule has 0 saturated carbocycles. The van der Waals surface area contributed by atoms with E-state index in [4.69, 9.17) is 5.11 Å². The molecule has 0 saturated heterocycles. The summed E-state index contributed by atoms with van der Waals surface area (Å²) in [5, 5.41) is 12.1. The van der Waals surface area contributed by atoms with Gasteiger partial charge in [0.15, 0.2) is 5.78 Å². The maximum Gasteiger partial charge on any atom is 0.303 e. The van der Waals surface area contributed by atoms with Crippen LogP contribution in [0.4, 0.5) is 11.4 Å². The number of para-hydroxylation sites is 1. The first-order valence-corrected chi connectivity index (χ1v) is 7.36. The largest absolute Gasteiger partial charge is 0.481 e. The molecule has 4 heteroatoms. The number of hydrogen-bond donors (Lipinski definition) is 2. The average molecular weight is 295 g/mol. The van der Waals surface area contributed by atoms with Crippen molar-refractivity contribution >= 4 is 23.1 Å². The Bertz CT molecular complexity index is 737. The van der Waals surface area contributed by atoms with E-state index in [1.165, 1.54) is 11.1 Å². The summed E-state index contributed by atoms with van der Waals surface area (Å²) in [4.78, 5) is 22.7. The van der Waals surface area contributed by atoms with Crippen molar-refractivity contribution in [2.24, 2.45) is 0 Å². The predicted octanol–water partition coefficient (Wildman–Crippen LogP) is 3.58. The third-order valence-corrected chi connectivity index (χ3v) is 3.95. The topological polar surface area (TPSA) is 66.4 Å². The summed E-state index contributed by atoms with van der Waals surface area (Å²) in [7, 11) is 0. The summed E-state index contributed by atoms with van der Waals surface area (Å²) in [5.41, 5.74) is 5.00. The number of carbonyl (C=O) groups excluding carboxylic acids is 1. The highest BCUT2D eigenvalue weighted by molar-refractivity contribution is 5.98. The number of carboxylic acid groups (broad SMARTS) is 1. The van der Waals surface area contributed by atoms with Crippen molar-refractivity contribution in [2.75, 3.05) is 5.32 Å². The van der Waals surface area contributed by atoms with Gasteiger partial charge in [0, 0.05) is 23.4 Å². The Balaban J connectivity index is 1.86. The highest BCUT2D eigenvalue weighted by atomic mass is 16.4. The fourth-order valence-corrected chi connectivity index (χ4v) is 2.72. The molecule has 2 N–H and O–H groups in total. The highest BCUT2D eigenvalue weighted by Gasteiger charge is 2.15. The molecule has 2 aromatic rings. The van der Waals surface area contributed by atoms with E-state index in [1.807, 2.05) is 30.3 Å². The van der Waals surface area contributed by atoms with Gasteiger partial charge in [-0.15, -0.1) is 0 Å². The van der Waals surface area contributed by atoms with Crippen LogP contribution in [0.2, 0.25) is 0 Å². The van der Waals surface area contributed by atoms with E-state index in [0.29, 0.717) is 5.56 Å². The van der Waals surface area contributed by atoms with E-state index >= 15 is 0 Å². The molecular formula is C18H17NO3. The van der Waals surface area contributed by atoms with Crippen LogP contribution >= 0.6 is 0 Å². The lowest BCUT2D eigenvalue weighted by atomic mass is 10.0. The summed E-state index contributed by atoms with van der Waals surface area (Å²) in [6.45, 7) is 0. The van der Waals surface area contributed by atoms with E-state index < -0.39 is 5.97 Å². The first-order chi connectivity index (χ1) is 10.6. The molecule has 3 rings (SSSR count). The Morgan fingerprint density at radius 3 is 2.45 bits per heavy atom. The molecule has 0 atom stereocenters. The summed E-state index contributed by atoms with van der Waals surface area (Å²) >= 11 is 0. The zero-order valence-corrected chi connectivity index (χ0v) is 12.1. The summed E-state index contributed by atoms with van der Waals surface area (Å²) in [6.07, 6.45) is 1.78. The first kappa shape index (κ1) is 14.3. The van der Waals surface area contributed by atoms with Crippen molar-refractivity contribution in [2.45, 2.75) is 25.7 Å². The van der Waals surface area contributed by atoms with Gasteiger partial charge in [-0.2, -0.15) is 0 Å². The molecule has 4 nitrogen and oxygen atoms in total. The van der Waals surface area contributed by atoms with Crippen molar-refractivity contribution in [1.82, 2.24) is 0 Å². The highest BCUT2D eigenvalue weighted by Crippen LogP contribution is 2.30. The molecule has 0 aliphatic carbocycles. The van der Waals surface area contributed by atoms with Crippen LogP contribution in [-0.4, -0.2) is 16.9 Å². The minimum absolute atomic E-state index is 0.0324. The van der Waals surface area contributed by atoms with Crippen LogP contribution in [0.25, 0.3) is 0 Å². The fourth-order valence-electron chi connectivity index (χ4n) is 2.72. The summed E-state index contributed by atoms with van der Waals surface area (Å²) in [6, 6.07) is 13.7. The number of Topliss-reactive ketones (excluding diaryl/α,β-unsaturated/α-hetero) is 1. The predicted molar refractivity (Wildman–Crippen MR) is 84.8 cm³/mol. The second-order valence-corrected chi connectivity index (χ2v) is 5.47. The average Bonchev–Trinajstić information content (AvgIpc) is 2.70. The number of anilines is 2. The van der Waals surface area contributed by atoms with E-state index in [2.05, 4.69) is 11.4 Å². The normalized spacial score (nSPS) is 12.5. The molecule has 112 valence electrons. The van der Waals surface area contributed by atoms with Crippen molar-refractivity contribution in [3.05, 3.63) is 59.2 Å². The van der Waals surface area contributed by atoms with Crippen LogP contribution in [0.1, 0.15) is 34.3 Å². The molecule has 0 spiro atoms. The summed E-state index contributed by atoms with van der Waals surface area (Å²) < 4.78 is 0. The Kier molecular flexibility index (Phi) is 3.92. The number of carboxylic acids is 1. The lowest BCUT2D eigenvalue weighted by Crippen LogP contribution is -2.05. The second kappa shape index (κ2) is 6.02. The van der Waals surface area contributed by atoms with Crippen molar-refractivity contribution in [1.29, 1.82) is 0 Å². The van der Waals surface area contributed by atoms with Crippen LogP contribution < -0.4 is 5.32 Å². The molecule has 0 fully saturated rings. The molecule has 1 aliphatic heterocycles. The number of hydrogen-bond acceptors (Lipinski definition) is 3. The van der Waals surface area contributed by atoms with E-state index in [0.717, 1.165) is 24.2 Å². The number of fused-ring (bicyclic) bond motifs is 2. The Morgan fingerprint density at radius 1 is 0.955 bits per heavy atom. The monoisotopic (exact) mass is 295 g/mol. The quantitative estimate of drug-likeness (QED) is 0.846. The molecule has 0 amide bonds. The van der Waals surface area contributed by atoms with Gasteiger partial charge < -0.3 is 10.4 Å². The van der Waals surface area contributed by atoms with E-state index in [9.17, 15) is 9.59 Å². The molecule has 0 aromatic heterocycles. The van der Waals surface area contributed by atoms with Gasteiger partial charge in [0.1, 0.15) is 0 Å². The first-order valence-electron chi connectivity index (χ1n) is 7.36. The minimum atomic E-state index is -0.949. The van der Waals surface area contributed by atoms with Crippen molar-refractivity contribution in [3.8, 4) is 0 Å². The third-order valence-electron chi connectivity index (χ3n) is 3.95. The number of rotatable bonds is 4. The standard InChI is InChI=1S/C18H17NO3/c20-17(9-10-18(21)22)14-8-7-13-6-5-12-3-1-2-4-15(12)19-16(13)11-14/h1-4,7-8,11,19H,5-6,9-10H2,(H,21,22). The number of nitrogens with one attached hydrogen (secondary N) is 1. The molecule has 1 heterocycles. The van der Waals surface area contributed by atoms with Crippen molar-refractivity contribution in [3.63, 3.8) is 0 Å². The van der Waals surface area contributed by atoms with Crippen LogP contribution in [0, 0.1) is 0 Å². The second-order valence-electron chi connectivity index (χ2n) is 5.47. The summed E-state index contributed by atoms with van der Waals surface area (Å²) in [5.74, 6) is -1.08. The number of aryl methyl sites for hydroxylation is 2. The maximum absolute atomic E-state index is 12.1. The van der Waals surface area contributed by atoms with Gasteiger partial charge in [-0.25, -0.2) is 0 Å². The molecule has 2 aromatic carbocycles. The Hall–Kier alpha value is -2.62. The van der Waals surface area contributed by atoms with Gasteiger partial charge in [-0.1, -0.05) is 30.3 Å². The SMILES string of the molecule is O=C(O)CCC(=O)c1ccc2c(c1)Nc1ccccc1CC2. The molecule has 1 aliphatic rings. The Labute approximate surface area is 128 Å². The van der Waals surface area contributed by atoms with Crippen LogP contribution in [0.5, 0.6) is 0 Å². The minimum Gasteiger partial charge on any atom is -0.481 e. The zero-order chi connectivity index (χ0) is 15.5. The third kappa shape index (κ3) is 3.01. The molecule has 0 bridgehead atoms. The van der Waals surface area contributed by atoms with Gasteiger partial charge in [-0.3, -0.25) is 9.59 Å². The number of benzene rings is 2. The lowest BCUT2D eigenvalue weighted by Gasteiger charge is -2.11. The number of ketones is 1. The van der Waals surface area contributed by atoms with Gasteiger partial charge in [0.2, 0.25) is 0 Å². The number of carbonyl (C=O) groups is 2. The zero-order valence-electron chi connectivity index (χ0n) is 12.1. The number of aliphatic carboxylic acids is 1.